The fourth-order valence-electron chi connectivity index (χ4n) is 1.23. The minimum Gasteiger partial charge on any atom is -0.353 e. The van der Waals surface area contributed by atoms with E-state index in [0.29, 0.717) is 0 Å². The number of amides is 1. The molecule has 0 aliphatic rings. The van der Waals surface area contributed by atoms with Crippen LogP contribution in [0.1, 0.15) is 20.8 Å². The number of nitrogens with two attached hydrogens (primary N) is 1. The van der Waals surface area contributed by atoms with Gasteiger partial charge in [0.1, 0.15) is 4.21 Å². The molecule has 0 bridgehead atoms. The summed E-state index contributed by atoms with van der Waals surface area (Å²) in [5, 5.41) is 4.27. The molecule has 1 rings (SSSR count). The summed E-state index contributed by atoms with van der Waals surface area (Å²) in [6.45, 7) is 5.31. The van der Waals surface area contributed by atoms with Crippen LogP contribution in [0, 0.1) is 0 Å². The molecular weight excluding hydrogens is 322 g/mol. The van der Waals surface area contributed by atoms with Crippen LogP contribution in [0.4, 0.5) is 0 Å². The highest BCUT2D eigenvalue weighted by atomic mass is 35.5. The first-order chi connectivity index (χ1) is 8.62. The summed E-state index contributed by atoms with van der Waals surface area (Å²) in [4.78, 5) is 11.7. The van der Waals surface area contributed by atoms with E-state index in [9.17, 15) is 13.2 Å². The third kappa shape index (κ3) is 6.19. The molecule has 6 nitrogen and oxygen atoms in total. The molecular formula is C11H20ClN3O3S2. The summed E-state index contributed by atoms with van der Waals surface area (Å²) in [6.07, 6.45) is 0. The SMILES string of the molecule is CC(NS(=O)(=O)c1cccs1)C(=O)NCC(C)(C)N.Cl. The molecule has 1 heterocycles. The number of carbonyl (C=O) groups excluding carboxylic acids is 1. The second-order valence-electron chi connectivity index (χ2n) is 4.98. The highest BCUT2D eigenvalue weighted by Gasteiger charge is 2.23. The second-order valence-corrected chi connectivity index (χ2v) is 7.87. The molecule has 0 aliphatic heterocycles. The summed E-state index contributed by atoms with van der Waals surface area (Å²) in [6, 6.07) is 2.27. The van der Waals surface area contributed by atoms with Crippen LogP contribution in [-0.4, -0.2) is 32.5 Å². The molecule has 0 aliphatic carbocycles. The molecule has 1 aromatic heterocycles. The van der Waals surface area contributed by atoms with Crippen molar-refractivity contribution in [1.82, 2.24) is 10.0 Å². The van der Waals surface area contributed by atoms with Crippen molar-refractivity contribution in [3.8, 4) is 0 Å². The molecule has 0 saturated carbocycles. The quantitative estimate of drug-likeness (QED) is 0.708. The first-order valence-electron chi connectivity index (χ1n) is 5.74. The van der Waals surface area contributed by atoms with Gasteiger partial charge in [0.15, 0.2) is 0 Å². The van der Waals surface area contributed by atoms with Crippen molar-refractivity contribution in [2.24, 2.45) is 5.73 Å². The van der Waals surface area contributed by atoms with Crippen molar-refractivity contribution in [1.29, 1.82) is 0 Å². The molecule has 116 valence electrons. The smallest absolute Gasteiger partial charge is 0.250 e. The lowest BCUT2D eigenvalue weighted by Crippen LogP contribution is -2.50. The fourth-order valence-corrected chi connectivity index (χ4v) is 3.44. The fraction of sp³-hybridized carbons (Fsp3) is 0.545. The van der Waals surface area contributed by atoms with Gasteiger partial charge in [-0.2, -0.15) is 4.72 Å². The van der Waals surface area contributed by atoms with Crippen molar-refractivity contribution >= 4 is 39.7 Å². The van der Waals surface area contributed by atoms with Crippen LogP contribution in [0.15, 0.2) is 21.7 Å². The Morgan fingerprint density at radius 1 is 1.50 bits per heavy atom. The van der Waals surface area contributed by atoms with Gasteiger partial charge in [0, 0.05) is 12.1 Å². The maximum absolute atomic E-state index is 11.9. The number of rotatable bonds is 6. The molecule has 1 aromatic rings. The van der Waals surface area contributed by atoms with Crippen LogP contribution < -0.4 is 15.8 Å². The van der Waals surface area contributed by atoms with E-state index < -0.39 is 27.5 Å². The van der Waals surface area contributed by atoms with E-state index >= 15 is 0 Å². The van der Waals surface area contributed by atoms with E-state index in [2.05, 4.69) is 10.0 Å². The van der Waals surface area contributed by atoms with Crippen molar-refractivity contribution < 1.29 is 13.2 Å². The van der Waals surface area contributed by atoms with Crippen LogP contribution in [-0.2, 0) is 14.8 Å². The third-order valence-corrected chi connectivity index (χ3v) is 5.14. The minimum absolute atomic E-state index is 0. The number of halogens is 1. The first kappa shape index (κ1) is 19.3. The van der Waals surface area contributed by atoms with E-state index in [1.807, 2.05) is 0 Å². The molecule has 9 heteroatoms. The Bertz CT molecular complexity index is 524. The molecule has 20 heavy (non-hydrogen) atoms. The summed E-state index contributed by atoms with van der Waals surface area (Å²) >= 11 is 1.10. The van der Waals surface area contributed by atoms with Crippen LogP contribution in [0.5, 0.6) is 0 Å². The highest BCUT2D eigenvalue weighted by molar-refractivity contribution is 7.91. The Hall–Kier alpha value is -0.670. The maximum Gasteiger partial charge on any atom is 0.250 e. The number of sulfonamides is 1. The lowest BCUT2D eigenvalue weighted by molar-refractivity contribution is -0.122. The Balaban J connectivity index is 0.00000361. The topological polar surface area (TPSA) is 101 Å². The van der Waals surface area contributed by atoms with Gasteiger partial charge in [-0.05, 0) is 32.2 Å². The average Bonchev–Trinajstić information content (AvgIpc) is 2.78. The maximum atomic E-state index is 11.9. The lowest BCUT2D eigenvalue weighted by Gasteiger charge is -2.21. The molecule has 1 amide bonds. The summed E-state index contributed by atoms with van der Waals surface area (Å²) < 4.78 is 26.3. The predicted octanol–water partition coefficient (Wildman–Crippen LogP) is 0.690. The van der Waals surface area contributed by atoms with E-state index in [1.54, 1.807) is 25.3 Å². The van der Waals surface area contributed by atoms with Crippen molar-refractivity contribution in [3.05, 3.63) is 17.5 Å². The van der Waals surface area contributed by atoms with Gasteiger partial charge in [-0.1, -0.05) is 6.07 Å². The standard InChI is InChI=1S/C11H19N3O3S2.ClH/c1-8(10(15)13-7-11(2,3)12)14-19(16,17)9-5-4-6-18-9;/h4-6,8,14H,7,12H2,1-3H3,(H,13,15);1H. The molecule has 0 saturated heterocycles. The minimum atomic E-state index is -3.64. The second kappa shape index (κ2) is 7.37. The van der Waals surface area contributed by atoms with Gasteiger partial charge in [0.05, 0.1) is 6.04 Å². The van der Waals surface area contributed by atoms with Crippen LogP contribution in [0.2, 0.25) is 0 Å². The van der Waals surface area contributed by atoms with E-state index in [-0.39, 0.29) is 23.2 Å². The molecule has 1 unspecified atom stereocenters. The Labute approximate surface area is 129 Å². The number of hydrogen-bond donors (Lipinski definition) is 3. The molecule has 4 N–H and O–H groups in total. The molecule has 0 radical (unpaired) electrons. The lowest BCUT2D eigenvalue weighted by atomic mass is 10.1. The van der Waals surface area contributed by atoms with Crippen LogP contribution in [0.25, 0.3) is 0 Å². The van der Waals surface area contributed by atoms with Crippen molar-refractivity contribution in [3.63, 3.8) is 0 Å². The molecule has 0 spiro atoms. The summed E-state index contributed by atoms with van der Waals surface area (Å²) in [7, 11) is -3.64. The Morgan fingerprint density at radius 3 is 2.55 bits per heavy atom. The Morgan fingerprint density at radius 2 is 2.10 bits per heavy atom. The predicted molar refractivity (Wildman–Crippen MR) is 82.6 cm³/mol. The van der Waals surface area contributed by atoms with Gasteiger partial charge >= 0.3 is 0 Å². The monoisotopic (exact) mass is 341 g/mol. The normalized spacial score (nSPS) is 13.4. The van der Waals surface area contributed by atoms with E-state index in [4.69, 9.17) is 5.73 Å². The van der Waals surface area contributed by atoms with E-state index in [1.165, 1.54) is 13.0 Å². The van der Waals surface area contributed by atoms with Gasteiger partial charge in [0.2, 0.25) is 5.91 Å². The summed E-state index contributed by atoms with van der Waals surface area (Å²) in [5.41, 5.74) is 5.20. The molecule has 1 atom stereocenters. The molecule has 0 fully saturated rings. The highest BCUT2D eigenvalue weighted by Crippen LogP contribution is 2.15. The van der Waals surface area contributed by atoms with Crippen molar-refractivity contribution in [2.75, 3.05) is 6.54 Å². The zero-order valence-electron chi connectivity index (χ0n) is 11.5. The van der Waals surface area contributed by atoms with E-state index in [0.717, 1.165) is 11.3 Å². The molecule has 0 aromatic carbocycles. The Kier molecular flexibility index (Phi) is 7.12. The number of nitrogens with one attached hydrogen (secondary N) is 2. The van der Waals surface area contributed by atoms with Crippen LogP contribution in [0.3, 0.4) is 0 Å². The zero-order valence-corrected chi connectivity index (χ0v) is 14.0. The van der Waals surface area contributed by atoms with Gasteiger partial charge in [-0.3, -0.25) is 4.79 Å². The third-order valence-electron chi connectivity index (χ3n) is 2.20. The average molecular weight is 342 g/mol. The van der Waals surface area contributed by atoms with Gasteiger partial charge in [-0.25, -0.2) is 8.42 Å². The largest absolute Gasteiger partial charge is 0.353 e. The van der Waals surface area contributed by atoms with Gasteiger partial charge in [-0.15, -0.1) is 23.7 Å². The van der Waals surface area contributed by atoms with Crippen molar-refractivity contribution in [2.45, 2.75) is 36.6 Å². The zero-order chi connectivity index (χ0) is 14.7. The van der Waals surface area contributed by atoms with Gasteiger partial charge in [0.25, 0.3) is 10.0 Å². The number of hydrogen-bond acceptors (Lipinski definition) is 5. The first-order valence-corrected chi connectivity index (χ1v) is 8.10. The van der Waals surface area contributed by atoms with Crippen LogP contribution >= 0.6 is 23.7 Å². The number of carbonyl (C=O) groups is 1. The number of thiophene rings is 1. The summed E-state index contributed by atoms with van der Waals surface area (Å²) in [5.74, 6) is -0.404. The van der Waals surface area contributed by atoms with Gasteiger partial charge < -0.3 is 11.1 Å².